The number of carbonyl (C=O) groups is 1. The number of benzene rings is 2. The second kappa shape index (κ2) is 8.73. The summed E-state index contributed by atoms with van der Waals surface area (Å²) in [4.78, 5) is 14.4. The van der Waals surface area contributed by atoms with Crippen molar-refractivity contribution in [2.24, 2.45) is 0 Å². The third kappa shape index (κ3) is 4.54. The lowest BCUT2D eigenvalue weighted by atomic mass is 10.2. The molecule has 2 aromatic rings. The van der Waals surface area contributed by atoms with Gasteiger partial charge in [-0.2, -0.15) is 0 Å². The molecule has 8 heteroatoms. The summed E-state index contributed by atoms with van der Waals surface area (Å²) >= 11 is 16.3. The van der Waals surface area contributed by atoms with E-state index in [-0.39, 0.29) is 18.3 Å². The fourth-order valence-electron chi connectivity index (χ4n) is 2.49. The Balaban J connectivity index is 1.81. The van der Waals surface area contributed by atoms with Crippen molar-refractivity contribution in [3.8, 4) is 5.75 Å². The number of amides is 1. The fraction of sp³-hybridized carbons (Fsp3) is 0.158. The molecule has 1 heterocycles. The van der Waals surface area contributed by atoms with Crippen LogP contribution in [0.4, 0.5) is 4.39 Å². The minimum absolute atomic E-state index is 0.0551. The van der Waals surface area contributed by atoms with Gasteiger partial charge in [0.1, 0.15) is 16.7 Å². The van der Waals surface area contributed by atoms with Gasteiger partial charge in [-0.05, 0) is 52.7 Å². The predicted octanol–water partition coefficient (Wildman–Crippen LogP) is 6.04. The monoisotopic (exact) mass is 485 g/mol. The van der Waals surface area contributed by atoms with Crippen molar-refractivity contribution in [3.63, 3.8) is 0 Å². The summed E-state index contributed by atoms with van der Waals surface area (Å²) in [6.07, 6.45) is 1.74. The van der Waals surface area contributed by atoms with Crippen LogP contribution >= 0.6 is 51.5 Å². The van der Waals surface area contributed by atoms with Gasteiger partial charge in [0.2, 0.25) is 0 Å². The molecule has 0 N–H and O–H groups in total. The molecule has 0 spiro atoms. The molecule has 27 heavy (non-hydrogen) atoms. The molecule has 1 aliphatic rings. The van der Waals surface area contributed by atoms with Gasteiger partial charge >= 0.3 is 0 Å². The summed E-state index contributed by atoms with van der Waals surface area (Å²) in [5.41, 5.74) is 1.18. The van der Waals surface area contributed by atoms with Crippen molar-refractivity contribution in [3.05, 3.63) is 67.7 Å². The number of thioether (sulfide) groups is 1. The molecule has 0 atom stereocenters. The topological polar surface area (TPSA) is 29.5 Å². The Morgan fingerprint density at radius 3 is 2.74 bits per heavy atom. The normalized spacial score (nSPS) is 15.7. The lowest BCUT2D eigenvalue weighted by Crippen LogP contribution is -2.27. The van der Waals surface area contributed by atoms with Gasteiger partial charge in [-0.1, -0.05) is 53.8 Å². The van der Waals surface area contributed by atoms with E-state index >= 15 is 0 Å². The molecular formula is C19H14BrClFNO2S2. The zero-order chi connectivity index (χ0) is 19.6. The van der Waals surface area contributed by atoms with Crippen molar-refractivity contribution < 1.29 is 13.9 Å². The van der Waals surface area contributed by atoms with Crippen molar-refractivity contribution in [1.29, 1.82) is 0 Å². The van der Waals surface area contributed by atoms with Crippen LogP contribution in [0.3, 0.4) is 0 Å². The number of hydrogen-bond donors (Lipinski definition) is 0. The first kappa shape index (κ1) is 20.3. The van der Waals surface area contributed by atoms with Gasteiger partial charge in [0.05, 0.1) is 14.4 Å². The summed E-state index contributed by atoms with van der Waals surface area (Å²) in [5.74, 6) is -0.0304. The lowest BCUT2D eigenvalue weighted by Gasteiger charge is -2.12. The van der Waals surface area contributed by atoms with E-state index in [0.29, 0.717) is 36.6 Å². The van der Waals surface area contributed by atoms with Crippen LogP contribution in [0.2, 0.25) is 5.02 Å². The number of carbonyl (C=O) groups excluding carboxylic acids is 1. The molecule has 0 radical (unpaired) electrons. The highest BCUT2D eigenvalue weighted by Gasteiger charge is 2.30. The van der Waals surface area contributed by atoms with E-state index in [2.05, 4.69) is 15.9 Å². The highest BCUT2D eigenvalue weighted by atomic mass is 79.9. The smallest absolute Gasteiger partial charge is 0.266 e. The second-order valence-corrected chi connectivity index (χ2v) is 8.56. The minimum Gasteiger partial charge on any atom is -0.486 e. The van der Waals surface area contributed by atoms with E-state index in [1.165, 1.54) is 17.8 Å². The SMILES string of the molecule is CCN1C(=O)/C(=C/c2cc(Cl)c(OCc3ccccc3F)c(Br)c2)SC1=S. The second-order valence-electron chi connectivity index (χ2n) is 5.62. The first-order chi connectivity index (χ1) is 12.9. The Kier molecular flexibility index (Phi) is 6.57. The quantitative estimate of drug-likeness (QED) is 0.380. The van der Waals surface area contributed by atoms with Crippen LogP contribution in [0, 0.1) is 5.82 Å². The van der Waals surface area contributed by atoms with E-state index in [4.69, 9.17) is 28.6 Å². The van der Waals surface area contributed by atoms with Gasteiger partial charge in [-0.25, -0.2) is 4.39 Å². The van der Waals surface area contributed by atoms with E-state index in [1.807, 2.05) is 6.92 Å². The lowest BCUT2D eigenvalue weighted by molar-refractivity contribution is -0.121. The first-order valence-electron chi connectivity index (χ1n) is 8.01. The molecule has 0 bridgehead atoms. The summed E-state index contributed by atoms with van der Waals surface area (Å²) in [6.45, 7) is 2.47. The van der Waals surface area contributed by atoms with Crippen molar-refractivity contribution in [2.45, 2.75) is 13.5 Å². The molecule has 0 aromatic heterocycles. The third-order valence-electron chi connectivity index (χ3n) is 3.84. The Labute approximate surface area is 179 Å². The van der Waals surface area contributed by atoms with Crippen molar-refractivity contribution in [1.82, 2.24) is 4.90 Å². The van der Waals surface area contributed by atoms with Gasteiger partial charge in [0, 0.05) is 12.1 Å². The van der Waals surface area contributed by atoms with Crippen LogP contribution in [0.5, 0.6) is 5.75 Å². The fourth-order valence-corrected chi connectivity index (χ4v) is 4.86. The number of halogens is 3. The summed E-state index contributed by atoms with van der Waals surface area (Å²) in [7, 11) is 0. The highest BCUT2D eigenvalue weighted by Crippen LogP contribution is 2.38. The number of ether oxygens (including phenoxy) is 1. The maximum atomic E-state index is 13.7. The van der Waals surface area contributed by atoms with Gasteiger partial charge in [-0.3, -0.25) is 9.69 Å². The minimum atomic E-state index is -0.334. The molecule has 2 aromatic carbocycles. The van der Waals surface area contributed by atoms with E-state index < -0.39 is 0 Å². The van der Waals surface area contributed by atoms with Crippen molar-refractivity contribution in [2.75, 3.05) is 6.54 Å². The molecular weight excluding hydrogens is 473 g/mol. The van der Waals surface area contributed by atoms with Crippen molar-refractivity contribution >= 4 is 67.8 Å². The van der Waals surface area contributed by atoms with Crippen LogP contribution in [0.15, 0.2) is 45.8 Å². The number of nitrogens with zero attached hydrogens (tertiary/aromatic N) is 1. The van der Waals surface area contributed by atoms with Crippen LogP contribution in [0.25, 0.3) is 6.08 Å². The Hall–Kier alpha value is -1.41. The molecule has 1 fully saturated rings. The maximum absolute atomic E-state index is 13.7. The Bertz CT molecular complexity index is 928. The standard InChI is InChI=1S/C19H14BrClFNO2S2/c1-2-23-18(24)16(27-19(23)26)9-11-7-13(20)17(14(21)8-11)25-10-12-5-3-4-6-15(12)22/h3-9H,2,10H2,1H3/b16-9-. The van der Waals surface area contributed by atoms with E-state index in [9.17, 15) is 9.18 Å². The molecule has 0 saturated carbocycles. The third-order valence-corrected chi connectivity index (χ3v) is 6.09. The zero-order valence-electron chi connectivity index (χ0n) is 14.2. The van der Waals surface area contributed by atoms with Crippen LogP contribution in [0.1, 0.15) is 18.1 Å². The number of rotatable bonds is 5. The Morgan fingerprint density at radius 2 is 2.11 bits per heavy atom. The Morgan fingerprint density at radius 1 is 1.37 bits per heavy atom. The van der Waals surface area contributed by atoms with Crippen LogP contribution in [-0.2, 0) is 11.4 Å². The number of likely N-dealkylation sites (N-methyl/N-ethyl adjacent to an activating group) is 1. The summed E-state index contributed by atoms with van der Waals surface area (Å²) < 4.78 is 20.6. The molecule has 1 amide bonds. The molecule has 1 saturated heterocycles. The first-order valence-corrected chi connectivity index (χ1v) is 10.4. The number of thiocarbonyl (C=S) groups is 1. The van der Waals surface area contributed by atoms with Crippen LogP contribution < -0.4 is 4.74 Å². The van der Waals surface area contributed by atoms with Gasteiger partial charge < -0.3 is 4.74 Å². The molecule has 1 aliphatic heterocycles. The molecule has 3 nitrogen and oxygen atoms in total. The molecule has 0 aliphatic carbocycles. The molecule has 0 unspecified atom stereocenters. The zero-order valence-corrected chi connectivity index (χ0v) is 18.1. The molecule has 140 valence electrons. The highest BCUT2D eigenvalue weighted by molar-refractivity contribution is 9.10. The average molecular weight is 487 g/mol. The van der Waals surface area contributed by atoms with Gasteiger partial charge in [0.25, 0.3) is 5.91 Å². The predicted molar refractivity (Wildman–Crippen MR) is 115 cm³/mol. The van der Waals surface area contributed by atoms with Gasteiger partial charge in [-0.15, -0.1) is 0 Å². The number of hydrogen-bond acceptors (Lipinski definition) is 4. The summed E-state index contributed by atoms with van der Waals surface area (Å²) in [5, 5.41) is 0.359. The van der Waals surface area contributed by atoms with Gasteiger partial charge in [0.15, 0.2) is 5.75 Å². The van der Waals surface area contributed by atoms with E-state index in [1.54, 1.807) is 41.3 Å². The maximum Gasteiger partial charge on any atom is 0.266 e. The summed E-state index contributed by atoms with van der Waals surface area (Å²) in [6, 6.07) is 9.89. The van der Waals surface area contributed by atoms with Crippen LogP contribution in [-0.4, -0.2) is 21.7 Å². The largest absolute Gasteiger partial charge is 0.486 e. The molecule has 3 rings (SSSR count). The van der Waals surface area contributed by atoms with E-state index in [0.717, 1.165) is 5.56 Å². The average Bonchev–Trinajstić information content (AvgIpc) is 2.88.